The summed E-state index contributed by atoms with van der Waals surface area (Å²) in [4.78, 5) is 0. The Morgan fingerprint density at radius 1 is 0.950 bits per heavy atom. The van der Waals surface area contributed by atoms with Crippen LogP contribution in [-0.2, 0) is 10.5 Å². The molecule has 3 rings (SSSR count). The molecular formula is C16H14BrClS2. The summed E-state index contributed by atoms with van der Waals surface area (Å²) in [5.41, 5.74) is 2.75. The predicted molar refractivity (Wildman–Crippen MR) is 95.9 cm³/mol. The Bertz CT molecular complexity index is 574. The molecule has 104 valence electrons. The van der Waals surface area contributed by atoms with E-state index in [0.717, 1.165) is 15.9 Å². The molecule has 0 aliphatic carbocycles. The van der Waals surface area contributed by atoms with Crippen LogP contribution >= 0.6 is 51.1 Å². The fraction of sp³-hybridized carbons (Fsp3) is 0.250. The molecule has 20 heavy (non-hydrogen) atoms. The lowest BCUT2D eigenvalue weighted by Crippen LogP contribution is -2.18. The van der Waals surface area contributed by atoms with Crippen LogP contribution in [0.15, 0.2) is 53.0 Å². The molecule has 2 aromatic rings. The zero-order valence-corrected chi connectivity index (χ0v) is 14.8. The first-order valence-corrected chi connectivity index (χ1v) is 9.61. The van der Waals surface area contributed by atoms with E-state index in [1.165, 1.54) is 22.6 Å². The minimum atomic E-state index is 0.147. The molecule has 0 bridgehead atoms. The molecule has 1 aliphatic rings. The number of benzene rings is 2. The van der Waals surface area contributed by atoms with E-state index in [0.29, 0.717) is 0 Å². The van der Waals surface area contributed by atoms with Gasteiger partial charge in [-0.05, 0) is 35.4 Å². The van der Waals surface area contributed by atoms with Crippen LogP contribution in [0.2, 0.25) is 5.02 Å². The van der Waals surface area contributed by atoms with Crippen LogP contribution in [0.3, 0.4) is 0 Å². The van der Waals surface area contributed by atoms with Crippen molar-refractivity contribution >= 4 is 51.1 Å². The number of rotatable bonds is 3. The van der Waals surface area contributed by atoms with Gasteiger partial charge in [-0.3, -0.25) is 0 Å². The van der Waals surface area contributed by atoms with Gasteiger partial charge in [0.25, 0.3) is 0 Å². The topological polar surface area (TPSA) is 0 Å². The standard InChI is InChI=1S/C16H14BrClS2/c17-14-5-3-13(4-6-14)16(19-9-10-20-16)11-12-1-7-15(18)8-2-12/h1-8H,9-11H2. The van der Waals surface area contributed by atoms with Crippen molar-refractivity contribution in [2.24, 2.45) is 0 Å². The molecule has 2 aromatic carbocycles. The Morgan fingerprint density at radius 3 is 2.15 bits per heavy atom. The first-order valence-electron chi connectivity index (χ1n) is 6.46. The lowest BCUT2D eigenvalue weighted by Gasteiger charge is -2.28. The van der Waals surface area contributed by atoms with E-state index < -0.39 is 0 Å². The third-order valence-corrected chi connectivity index (χ3v) is 7.64. The monoisotopic (exact) mass is 384 g/mol. The predicted octanol–water partition coefficient (Wildman–Crippen LogP) is 5.98. The molecule has 0 spiro atoms. The van der Waals surface area contributed by atoms with E-state index in [1.807, 2.05) is 12.1 Å². The summed E-state index contributed by atoms with van der Waals surface area (Å²) in [5, 5.41) is 0.804. The Labute approximate surface area is 141 Å². The number of hydrogen-bond acceptors (Lipinski definition) is 2. The number of hydrogen-bond donors (Lipinski definition) is 0. The zero-order valence-electron chi connectivity index (χ0n) is 10.8. The van der Waals surface area contributed by atoms with Gasteiger partial charge < -0.3 is 0 Å². The number of thioether (sulfide) groups is 2. The summed E-state index contributed by atoms with van der Waals surface area (Å²) < 4.78 is 1.28. The van der Waals surface area contributed by atoms with Gasteiger partial charge in [-0.15, -0.1) is 23.5 Å². The molecule has 1 saturated heterocycles. The molecule has 0 N–H and O–H groups in total. The van der Waals surface area contributed by atoms with Crippen molar-refractivity contribution in [2.45, 2.75) is 10.5 Å². The van der Waals surface area contributed by atoms with Crippen molar-refractivity contribution in [1.82, 2.24) is 0 Å². The van der Waals surface area contributed by atoms with Gasteiger partial charge in [-0.25, -0.2) is 0 Å². The van der Waals surface area contributed by atoms with E-state index >= 15 is 0 Å². The minimum absolute atomic E-state index is 0.147. The van der Waals surface area contributed by atoms with E-state index in [9.17, 15) is 0 Å². The van der Waals surface area contributed by atoms with Crippen LogP contribution in [-0.4, -0.2) is 11.5 Å². The summed E-state index contributed by atoms with van der Waals surface area (Å²) in [5.74, 6) is 2.43. The van der Waals surface area contributed by atoms with Crippen LogP contribution in [0.1, 0.15) is 11.1 Å². The first-order chi connectivity index (χ1) is 9.68. The highest BCUT2D eigenvalue weighted by molar-refractivity contribution is 9.10. The summed E-state index contributed by atoms with van der Waals surface area (Å²) in [6.07, 6.45) is 1.04. The van der Waals surface area contributed by atoms with Gasteiger partial charge >= 0.3 is 0 Å². The molecule has 0 aromatic heterocycles. The maximum atomic E-state index is 5.98. The van der Waals surface area contributed by atoms with Gasteiger partial charge in [0.2, 0.25) is 0 Å². The first kappa shape index (κ1) is 14.8. The normalized spacial score (nSPS) is 17.3. The van der Waals surface area contributed by atoms with Gasteiger partial charge in [-0.2, -0.15) is 0 Å². The van der Waals surface area contributed by atoms with Gasteiger partial charge in [0.15, 0.2) is 0 Å². The quantitative estimate of drug-likeness (QED) is 0.637. The minimum Gasteiger partial charge on any atom is -0.138 e. The number of halogens is 2. The molecule has 1 fully saturated rings. The van der Waals surface area contributed by atoms with E-state index in [2.05, 4.69) is 75.9 Å². The Hall–Kier alpha value is -0.0900. The lowest BCUT2D eigenvalue weighted by atomic mass is 10.0. The highest BCUT2D eigenvalue weighted by Crippen LogP contribution is 2.54. The highest BCUT2D eigenvalue weighted by atomic mass is 79.9. The molecule has 0 unspecified atom stereocenters. The molecule has 1 heterocycles. The van der Waals surface area contributed by atoms with E-state index in [1.54, 1.807) is 0 Å². The van der Waals surface area contributed by atoms with Crippen molar-refractivity contribution in [3.05, 3.63) is 69.2 Å². The summed E-state index contributed by atoms with van der Waals surface area (Å²) in [7, 11) is 0. The van der Waals surface area contributed by atoms with E-state index in [-0.39, 0.29) is 4.08 Å². The lowest BCUT2D eigenvalue weighted by molar-refractivity contribution is 0.873. The SMILES string of the molecule is Clc1ccc(CC2(c3ccc(Br)cc3)SCCS2)cc1. The molecule has 0 atom stereocenters. The van der Waals surface area contributed by atoms with Crippen LogP contribution in [0.5, 0.6) is 0 Å². The van der Waals surface area contributed by atoms with Crippen LogP contribution in [0.25, 0.3) is 0 Å². The summed E-state index contributed by atoms with van der Waals surface area (Å²) in [6, 6.07) is 17.0. The third kappa shape index (κ3) is 3.22. The van der Waals surface area contributed by atoms with Crippen molar-refractivity contribution < 1.29 is 0 Å². The van der Waals surface area contributed by atoms with Crippen molar-refractivity contribution in [2.75, 3.05) is 11.5 Å². The van der Waals surface area contributed by atoms with Crippen molar-refractivity contribution in [3.63, 3.8) is 0 Å². The van der Waals surface area contributed by atoms with Crippen molar-refractivity contribution in [3.8, 4) is 0 Å². The molecule has 0 amide bonds. The van der Waals surface area contributed by atoms with E-state index in [4.69, 9.17) is 11.6 Å². The van der Waals surface area contributed by atoms with Gasteiger partial charge in [-0.1, -0.05) is 51.8 Å². The van der Waals surface area contributed by atoms with Gasteiger partial charge in [0.05, 0.1) is 4.08 Å². The summed E-state index contributed by atoms with van der Waals surface area (Å²) in [6.45, 7) is 0. The molecule has 0 radical (unpaired) electrons. The van der Waals surface area contributed by atoms with Gasteiger partial charge in [0, 0.05) is 27.4 Å². The highest BCUT2D eigenvalue weighted by Gasteiger charge is 2.37. The average Bonchev–Trinajstić information content (AvgIpc) is 2.92. The smallest absolute Gasteiger partial charge is 0.0900 e. The second kappa shape index (κ2) is 6.35. The fourth-order valence-corrected chi connectivity index (χ4v) is 6.09. The summed E-state index contributed by atoms with van der Waals surface area (Å²) >= 11 is 13.6. The van der Waals surface area contributed by atoms with Gasteiger partial charge in [0.1, 0.15) is 0 Å². The molecule has 0 saturated carbocycles. The Balaban J connectivity index is 1.91. The van der Waals surface area contributed by atoms with Crippen LogP contribution in [0.4, 0.5) is 0 Å². The maximum Gasteiger partial charge on any atom is 0.0900 e. The molecule has 4 heteroatoms. The average molecular weight is 386 g/mol. The Kier molecular flexibility index (Phi) is 4.71. The maximum absolute atomic E-state index is 5.98. The Morgan fingerprint density at radius 2 is 1.55 bits per heavy atom. The largest absolute Gasteiger partial charge is 0.138 e. The fourth-order valence-electron chi connectivity index (χ4n) is 2.40. The third-order valence-electron chi connectivity index (χ3n) is 3.39. The van der Waals surface area contributed by atoms with Crippen molar-refractivity contribution in [1.29, 1.82) is 0 Å². The molecule has 1 aliphatic heterocycles. The van der Waals surface area contributed by atoms with Crippen LogP contribution in [0, 0.1) is 0 Å². The second-order valence-electron chi connectivity index (χ2n) is 4.76. The zero-order chi connectivity index (χ0) is 14.0. The molecular weight excluding hydrogens is 372 g/mol. The molecule has 0 nitrogen and oxygen atoms in total. The van der Waals surface area contributed by atoms with Crippen LogP contribution < -0.4 is 0 Å². The second-order valence-corrected chi connectivity index (χ2v) is 9.16.